The highest BCUT2D eigenvalue weighted by Crippen LogP contribution is 2.41. The molecule has 294 valence electrons. The smallest absolute Gasteiger partial charge is 0.164 e. The number of aromatic nitrogens is 5. The Labute approximate surface area is 361 Å². The summed E-state index contributed by atoms with van der Waals surface area (Å²) in [7, 11) is 0. The molecule has 0 aliphatic heterocycles. The van der Waals surface area contributed by atoms with E-state index in [9.17, 15) is 0 Å². The fourth-order valence-corrected chi connectivity index (χ4v) is 9.42. The van der Waals surface area contributed by atoms with E-state index in [1.807, 2.05) is 72.8 Å². The predicted molar refractivity (Wildman–Crippen MR) is 258 cm³/mol. The second kappa shape index (κ2) is 14.0. The fourth-order valence-electron chi connectivity index (χ4n) is 9.42. The first-order valence-corrected chi connectivity index (χ1v) is 21.2. The van der Waals surface area contributed by atoms with E-state index in [1.165, 1.54) is 21.9 Å². The highest BCUT2D eigenvalue weighted by Gasteiger charge is 2.21. The minimum Gasteiger partial charge on any atom is -0.456 e. The molecule has 9 aromatic carbocycles. The third-order valence-corrected chi connectivity index (χ3v) is 12.3. The molecule has 13 rings (SSSR count). The average Bonchev–Trinajstić information content (AvgIpc) is 4.00. The van der Waals surface area contributed by atoms with Gasteiger partial charge in [0.15, 0.2) is 17.5 Å². The lowest BCUT2D eigenvalue weighted by Gasteiger charge is -2.13. The summed E-state index contributed by atoms with van der Waals surface area (Å²) in [5.74, 6) is 1.86. The van der Waals surface area contributed by atoms with Crippen LogP contribution in [0, 0.1) is 0 Å². The number of benzene rings is 9. The molecule has 13 aromatic rings. The maximum atomic E-state index is 6.49. The van der Waals surface area contributed by atoms with Gasteiger partial charge in [0.05, 0.1) is 22.1 Å². The first-order chi connectivity index (χ1) is 31.2. The van der Waals surface area contributed by atoms with Gasteiger partial charge >= 0.3 is 0 Å². The van der Waals surface area contributed by atoms with E-state index in [1.54, 1.807) is 0 Å². The highest BCUT2D eigenvalue weighted by molar-refractivity contribution is 6.18. The van der Waals surface area contributed by atoms with E-state index in [0.717, 1.165) is 82.8 Å². The zero-order chi connectivity index (χ0) is 41.4. The van der Waals surface area contributed by atoms with Gasteiger partial charge < -0.3 is 13.6 Å². The van der Waals surface area contributed by atoms with Gasteiger partial charge in [0.2, 0.25) is 0 Å². The van der Waals surface area contributed by atoms with E-state index in [0.29, 0.717) is 17.5 Å². The van der Waals surface area contributed by atoms with Crippen LogP contribution in [-0.2, 0) is 0 Å². The molecule has 0 aliphatic rings. The lowest BCUT2D eigenvalue weighted by atomic mass is 10.0. The van der Waals surface area contributed by atoms with E-state index >= 15 is 0 Å². The topological polar surface area (TPSA) is 61.7 Å². The molecule has 0 radical (unpaired) electrons. The van der Waals surface area contributed by atoms with Crippen LogP contribution in [0.3, 0.4) is 0 Å². The molecule has 0 N–H and O–H groups in total. The van der Waals surface area contributed by atoms with Crippen molar-refractivity contribution in [3.05, 3.63) is 212 Å². The first-order valence-electron chi connectivity index (χ1n) is 21.2. The summed E-state index contributed by atoms with van der Waals surface area (Å²) >= 11 is 0. The Bertz CT molecular complexity index is 3850. The summed E-state index contributed by atoms with van der Waals surface area (Å²) in [6.07, 6.45) is 0. The third kappa shape index (κ3) is 5.69. The van der Waals surface area contributed by atoms with Crippen LogP contribution >= 0.6 is 0 Å². The number of furan rings is 1. The molecule has 0 amide bonds. The first kappa shape index (κ1) is 35.2. The Morgan fingerprint density at radius 2 is 0.794 bits per heavy atom. The van der Waals surface area contributed by atoms with Crippen LogP contribution in [0.2, 0.25) is 0 Å². The standard InChI is InChI=1S/C57H35N5O/c1-4-15-36(16-5-1)39-27-29-44-43-23-10-12-25-49(43)61(50(44)32-39)42-28-30-45-47-35-54-48(46-24-11-13-26-53(46)63-54)34-52(47)62(51(45)33-42)41-22-14-21-40(31-41)57-59-55(37-17-6-2-7-18-37)58-56(60-57)38-19-8-3-9-20-38/h1-35H. The molecular formula is C57H35N5O. The normalized spacial score (nSPS) is 11.8. The minimum absolute atomic E-state index is 0.605. The van der Waals surface area contributed by atoms with E-state index in [4.69, 9.17) is 19.4 Å². The zero-order valence-corrected chi connectivity index (χ0v) is 33.9. The number of para-hydroxylation sites is 2. The molecule has 6 nitrogen and oxygen atoms in total. The third-order valence-electron chi connectivity index (χ3n) is 12.3. The average molecular weight is 806 g/mol. The Kier molecular flexibility index (Phi) is 7.80. The second-order valence-corrected chi connectivity index (χ2v) is 16.0. The van der Waals surface area contributed by atoms with Crippen LogP contribution in [0.25, 0.3) is 122 Å². The molecule has 0 atom stereocenters. The maximum absolute atomic E-state index is 6.49. The second-order valence-electron chi connectivity index (χ2n) is 16.0. The molecular weight excluding hydrogens is 771 g/mol. The van der Waals surface area contributed by atoms with Gasteiger partial charge in [-0.1, -0.05) is 158 Å². The van der Waals surface area contributed by atoms with Gasteiger partial charge in [0.1, 0.15) is 11.2 Å². The van der Waals surface area contributed by atoms with Crippen molar-refractivity contribution in [1.29, 1.82) is 0 Å². The van der Waals surface area contributed by atoms with Crippen LogP contribution < -0.4 is 0 Å². The Morgan fingerprint density at radius 3 is 1.54 bits per heavy atom. The van der Waals surface area contributed by atoms with Crippen molar-refractivity contribution >= 4 is 65.6 Å². The summed E-state index contributed by atoms with van der Waals surface area (Å²) in [6, 6.07) is 74.6. The lowest BCUT2D eigenvalue weighted by molar-refractivity contribution is 0.669. The van der Waals surface area contributed by atoms with Gasteiger partial charge in [-0.3, -0.25) is 0 Å². The molecule has 0 saturated heterocycles. The minimum atomic E-state index is 0.605. The number of rotatable bonds is 6. The van der Waals surface area contributed by atoms with Crippen LogP contribution in [0.15, 0.2) is 217 Å². The number of fused-ring (bicyclic) bond motifs is 9. The number of nitrogens with zero attached hydrogens (tertiary/aromatic N) is 5. The van der Waals surface area contributed by atoms with Gasteiger partial charge in [0.25, 0.3) is 0 Å². The van der Waals surface area contributed by atoms with Gasteiger partial charge in [-0.25, -0.2) is 15.0 Å². The zero-order valence-electron chi connectivity index (χ0n) is 33.9. The molecule has 4 heterocycles. The Hall–Kier alpha value is -8.61. The number of hydrogen-bond acceptors (Lipinski definition) is 4. The predicted octanol–water partition coefficient (Wildman–Crippen LogP) is 14.6. The summed E-state index contributed by atoms with van der Waals surface area (Å²) in [6.45, 7) is 0. The van der Waals surface area contributed by atoms with Crippen molar-refractivity contribution in [2.75, 3.05) is 0 Å². The monoisotopic (exact) mass is 805 g/mol. The van der Waals surface area contributed by atoms with E-state index in [2.05, 4.69) is 149 Å². The SMILES string of the molecule is c1ccc(-c2ccc3c4ccccc4n(-c4ccc5c6cc7oc8ccccc8c7cc6n(-c6cccc(-c7nc(-c8ccccc8)nc(-c8ccccc8)n7)c6)c5c4)c3c2)cc1. The Morgan fingerprint density at radius 1 is 0.270 bits per heavy atom. The molecule has 6 heteroatoms. The van der Waals surface area contributed by atoms with Gasteiger partial charge in [-0.05, 0) is 65.7 Å². The van der Waals surface area contributed by atoms with Crippen molar-refractivity contribution < 1.29 is 4.42 Å². The summed E-state index contributed by atoms with van der Waals surface area (Å²) < 4.78 is 11.3. The molecule has 0 bridgehead atoms. The molecule has 0 fully saturated rings. The molecule has 0 unspecified atom stereocenters. The maximum Gasteiger partial charge on any atom is 0.164 e. The molecule has 0 aliphatic carbocycles. The number of hydrogen-bond donors (Lipinski definition) is 0. The van der Waals surface area contributed by atoms with Gasteiger partial charge in [-0.2, -0.15) is 0 Å². The van der Waals surface area contributed by atoms with Crippen LogP contribution in [0.1, 0.15) is 0 Å². The largest absolute Gasteiger partial charge is 0.456 e. The molecule has 0 saturated carbocycles. The van der Waals surface area contributed by atoms with Crippen LogP contribution in [0.5, 0.6) is 0 Å². The Balaban J connectivity index is 1.07. The highest BCUT2D eigenvalue weighted by atomic mass is 16.3. The van der Waals surface area contributed by atoms with E-state index in [-0.39, 0.29) is 0 Å². The quantitative estimate of drug-likeness (QED) is 0.168. The van der Waals surface area contributed by atoms with Gasteiger partial charge in [-0.15, -0.1) is 0 Å². The fraction of sp³-hybridized carbons (Fsp3) is 0. The van der Waals surface area contributed by atoms with Crippen molar-refractivity contribution in [2.45, 2.75) is 0 Å². The molecule has 0 spiro atoms. The molecule has 63 heavy (non-hydrogen) atoms. The van der Waals surface area contributed by atoms with Crippen LogP contribution in [0.4, 0.5) is 0 Å². The van der Waals surface area contributed by atoms with Crippen molar-refractivity contribution in [3.63, 3.8) is 0 Å². The lowest BCUT2D eigenvalue weighted by Crippen LogP contribution is -2.01. The summed E-state index contributed by atoms with van der Waals surface area (Å²) in [5, 5.41) is 6.84. The van der Waals surface area contributed by atoms with E-state index < -0.39 is 0 Å². The van der Waals surface area contributed by atoms with Crippen LogP contribution in [-0.4, -0.2) is 24.1 Å². The van der Waals surface area contributed by atoms with Crippen molar-refractivity contribution in [2.24, 2.45) is 0 Å². The van der Waals surface area contributed by atoms with Gasteiger partial charge in [0, 0.05) is 60.4 Å². The molecule has 4 aromatic heterocycles. The summed E-state index contributed by atoms with van der Waals surface area (Å²) in [5.41, 5.74) is 13.4. The van der Waals surface area contributed by atoms with Crippen molar-refractivity contribution in [1.82, 2.24) is 24.1 Å². The summed E-state index contributed by atoms with van der Waals surface area (Å²) in [4.78, 5) is 15.2. The van der Waals surface area contributed by atoms with Crippen molar-refractivity contribution in [3.8, 4) is 56.7 Å².